The lowest BCUT2D eigenvalue weighted by atomic mass is 9.73. The van der Waals surface area contributed by atoms with Crippen molar-refractivity contribution >= 4 is 11.9 Å². The first-order valence-corrected chi connectivity index (χ1v) is 10.3. The monoisotopic (exact) mass is 406 g/mol. The maximum absolute atomic E-state index is 12.5. The van der Waals surface area contributed by atoms with Gasteiger partial charge in [0.25, 0.3) is 5.91 Å². The highest BCUT2D eigenvalue weighted by Gasteiger charge is 2.42. The van der Waals surface area contributed by atoms with Gasteiger partial charge in [0.2, 0.25) is 5.95 Å². The van der Waals surface area contributed by atoms with Gasteiger partial charge in [-0.2, -0.15) is 0 Å². The van der Waals surface area contributed by atoms with Crippen LogP contribution in [0.2, 0.25) is 0 Å². The van der Waals surface area contributed by atoms with E-state index in [1.165, 1.54) is 0 Å². The van der Waals surface area contributed by atoms with E-state index in [-0.39, 0.29) is 17.3 Å². The number of anilines is 1. The van der Waals surface area contributed by atoms with Gasteiger partial charge in [-0.3, -0.25) is 4.79 Å². The van der Waals surface area contributed by atoms with Crippen molar-refractivity contribution in [1.82, 2.24) is 35.6 Å². The first-order valence-electron chi connectivity index (χ1n) is 10.3. The zero-order valence-electron chi connectivity index (χ0n) is 17.2. The molecule has 0 aromatic carbocycles. The van der Waals surface area contributed by atoms with Crippen LogP contribution in [0.25, 0.3) is 22.8 Å². The molecule has 0 bridgehead atoms. The summed E-state index contributed by atoms with van der Waals surface area (Å²) in [4.78, 5) is 32.9. The fraction of sp³-hybridized carbons (Fsp3) is 0.381. The average Bonchev–Trinajstić information content (AvgIpc) is 3.27. The zero-order chi connectivity index (χ0) is 21.1. The van der Waals surface area contributed by atoms with Crippen LogP contribution in [0.3, 0.4) is 0 Å². The molecule has 1 amide bonds. The smallest absolute Gasteiger partial charge is 0.253 e. The number of nitrogens with zero attached hydrogens (tertiary/aromatic N) is 4. The standard InChI is InChI=1S/C19H20N8O.C2H6/c20-18-23-8-11(9-24-18)16-22-4-1-13(27-16)14-7-12-15(26-14)19(10-25-17(12)28)2-5-21-6-3-19;1-2/h1,4,7-9,21,26H,2-3,5-6,10H2,(H,25,28)(H2,20,23,24);1-2H3. The fourth-order valence-corrected chi connectivity index (χ4v) is 4.06. The van der Waals surface area contributed by atoms with Crippen LogP contribution >= 0.6 is 0 Å². The molecule has 9 heteroatoms. The summed E-state index contributed by atoms with van der Waals surface area (Å²) in [7, 11) is 0. The molecule has 0 saturated carbocycles. The Morgan fingerprint density at radius 1 is 1.10 bits per heavy atom. The molecule has 1 saturated heterocycles. The number of nitrogens with one attached hydrogen (secondary N) is 3. The molecule has 9 nitrogen and oxygen atoms in total. The van der Waals surface area contributed by atoms with Crippen molar-refractivity contribution in [1.29, 1.82) is 0 Å². The summed E-state index contributed by atoms with van der Waals surface area (Å²) in [5.41, 5.74) is 9.43. The number of carbonyl (C=O) groups is 1. The molecule has 5 N–H and O–H groups in total. The van der Waals surface area contributed by atoms with Crippen LogP contribution in [-0.4, -0.2) is 50.5 Å². The number of carbonyl (C=O) groups excluding carboxylic acids is 1. The highest BCUT2D eigenvalue weighted by molar-refractivity contribution is 5.98. The predicted octanol–water partition coefficient (Wildman–Crippen LogP) is 1.90. The molecule has 1 spiro atoms. The molecule has 2 aliphatic rings. The number of piperidine rings is 1. The second-order valence-corrected chi connectivity index (χ2v) is 7.28. The third-order valence-corrected chi connectivity index (χ3v) is 5.60. The van der Waals surface area contributed by atoms with Crippen LogP contribution in [0, 0.1) is 0 Å². The van der Waals surface area contributed by atoms with E-state index in [9.17, 15) is 4.79 Å². The summed E-state index contributed by atoms with van der Waals surface area (Å²) in [6, 6.07) is 3.71. The van der Waals surface area contributed by atoms with E-state index >= 15 is 0 Å². The van der Waals surface area contributed by atoms with Gasteiger partial charge in [0, 0.05) is 36.2 Å². The van der Waals surface area contributed by atoms with Gasteiger partial charge in [-0.1, -0.05) is 13.8 Å². The fourth-order valence-electron chi connectivity index (χ4n) is 4.06. The molecule has 1 fully saturated rings. The number of nitrogens with two attached hydrogens (primary N) is 1. The maximum atomic E-state index is 12.5. The van der Waals surface area contributed by atoms with Gasteiger partial charge in [-0.25, -0.2) is 19.9 Å². The Morgan fingerprint density at radius 2 is 1.83 bits per heavy atom. The molecule has 5 rings (SSSR count). The van der Waals surface area contributed by atoms with Crippen molar-refractivity contribution in [3.05, 3.63) is 42.0 Å². The van der Waals surface area contributed by atoms with Gasteiger partial charge < -0.3 is 21.4 Å². The summed E-state index contributed by atoms with van der Waals surface area (Å²) < 4.78 is 0. The third-order valence-electron chi connectivity index (χ3n) is 5.60. The predicted molar refractivity (Wildman–Crippen MR) is 115 cm³/mol. The van der Waals surface area contributed by atoms with Gasteiger partial charge in [-0.05, 0) is 38.1 Å². The van der Waals surface area contributed by atoms with Gasteiger partial charge in [0.05, 0.1) is 22.5 Å². The Morgan fingerprint density at radius 3 is 2.57 bits per heavy atom. The highest BCUT2D eigenvalue weighted by atomic mass is 16.1. The van der Waals surface area contributed by atoms with E-state index < -0.39 is 0 Å². The number of hydrogen-bond donors (Lipinski definition) is 4. The number of fused-ring (bicyclic) bond motifs is 2. The van der Waals surface area contributed by atoms with Crippen LogP contribution in [0.5, 0.6) is 0 Å². The minimum atomic E-state index is -0.0482. The lowest BCUT2D eigenvalue weighted by Gasteiger charge is -2.40. The zero-order valence-corrected chi connectivity index (χ0v) is 17.2. The minimum absolute atomic E-state index is 0.0390. The Balaban J connectivity index is 0.00000106. The van der Waals surface area contributed by atoms with Crippen molar-refractivity contribution < 1.29 is 4.79 Å². The second kappa shape index (κ2) is 8.19. The van der Waals surface area contributed by atoms with Gasteiger partial charge >= 0.3 is 0 Å². The van der Waals surface area contributed by atoms with E-state index in [2.05, 4.69) is 35.6 Å². The van der Waals surface area contributed by atoms with E-state index in [1.54, 1.807) is 18.6 Å². The van der Waals surface area contributed by atoms with Gasteiger partial charge in [0.15, 0.2) is 5.82 Å². The first-order chi connectivity index (χ1) is 14.6. The van der Waals surface area contributed by atoms with Crippen LogP contribution in [0.15, 0.2) is 30.7 Å². The highest BCUT2D eigenvalue weighted by Crippen LogP contribution is 2.38. The number of aromatic nitrogens is 5. The third kappa shape index (κ3) is 3.52. The summed E-state index contributed by atoms with van der Waals surface area (Å²) >= 11 is 0. The Hall–Kier alpha value is -3.33. The van der Waals surface area contributed by atoms with Gasteiger partial charge in [-0.15, -0.1) is 0 Å². The van der Waals surface area contributed by atoms with Crippen molar-refractivity contribution in [2.24, 2.45) is 0 Å². The number of hydrogen-bond acceptors (Lipinski definition) is 7. The Kier molecular flexibility index (Phi) is 5.45. The first kappa shape index (κ1) is 20.0. The number of H-pyrrole nitrogens is 1. The number of rotatable bonds is 2. The quantitative estimate of drug-likeness (QED) is 0.510. The molecule has 5 heterocycles. The molecule has 0 unspecified atom stereocenters. The molecule has 2 aliphatic heterocycles. The summed E-state index contributed by atoms with van der Waals surface area (Å²) in [5, 5.41) is 6.46. The van der Waals surface area contributed by atoms with E-state index in [4.69, 9.17) is 5.73 Å². The van der Waals surface area contributed by atoms with Crippen molar-refractivity contribution in [3.63, 3.8) is 0 Å². The second-order valence-electron chi connectivity index (χ2n) is 7.28. The summed E-state index contributed by atoms with van der Waals surface area (Å²) in [6.07, 6.45) is 6.85. The molecule has 3 aromatic rings. The topological polar surface area (TPSA) is 134 Å². The van der Waals surface area contributed by atoms with Crippen molar-refractivity contribution in [3.8, 4) is 22.8 Å². The average molecular weight is 406 g/mol. The van der Waals surface area contributed by atoms with Crippen molar-refractivity contribution in [2.45, 2.75) is 32.1 Å². The normalized spacial score (nSPS) is 16.9. The van der Waals surface area contributed by atoms with Crippen LogP contribution in [-0.2, 0) is 5.41 Å². The van der Waals surface area contributed by atoms with Crippen LogP contribution in [0.4, 0.5) is 5.95 Å². The molecule has 0 atom stereocenters. The SMILES string of the molecule is CC.Nc1ncc(-c2nccc(-c3cc4c([nH]3)C3(CCNCC3)CNC4=O)n2)cn1. The number of amides is 1. The van der Waals surface area contributed by atoms with E-state index in [0.29, 0.717) is 29.2 Å². The van der Waals surface area contributed by atoms with E-state index in [1.807, 2.05) is 26.0 Å². The molecular formula is C21H26N8O. The van der Waals surface area contributed by atoms with Crippen LogP contribution in [0.1, 0.15) is 42.7 Å². The molecule has 3 aromatic heterocycles. The Bertz CT molecular complexity index is 1040. The lowest BCUT2D eigenvalue weighted by molar-refractivity contribution is 0.0913. The maximum Gasteiger partial charge on any atom is 0.253 e. The van der Waals surface area contributed by atoms with Gasteiger partial charge in [0.1, 0.15) is 0 Å². The Labute approximate surface area is 175 Å². The summed E-state index contributed by atoms with van der Waals surface area (Å²) in [5.74, 6) is 0.671. The minimum Gasteiger partial charge on any atom is -0.368 e. The number of aromatic amines is 1. The lowest BCUT2D eigenvalue weighted by Crippen LogP contribution is -2.51. The summed E-state index contributed by atoms with van der Waals surface area (Å²) in [6.45, 7) is 6.55. The molecule has 0 aliphatic carbocycles. The largest absolute Gasteiger partial charge is 0.368 e. The molecular weight excluding hydrogens is 380 g/mol. The van der Waals surface area contributed by atoms with Crippen molar-refractivity contribution in [2.75, 3.05) is 25.4 Å². The molecule has 156 valence electrons. The number of nitrogen functional groups attached to an aromatic ring is 1. The molecule has 0 radical (unpaired) electrons. The van der Waals surface area contributed by atoms with Crippen LogP contribution < -0.4 is 16.4 Å². The van der Waals surface area contributed by atoms with E-state index in [0.717, 1.165) is 37.3 Å². The molecule has 30 heavy (non-hydrogen) atoms.